The fraction of sp³-hybridized carbons (Fsp3) is 0.286. The molecule has 2 aromatic heterocycles. The van der Waals surface area contributed by atoms with Crippen molar-refractivity contribution in [3.8, 4) is 17.7 Å². The number of nitriles is 1. The number of aryl methyl sites for hydroxylation is 1. The first-order valence-corrected chi connectivity index (χ1v) is 9.52. The molecular formula is C21H21N5O3. The van der Waals surface area contributed by atoms with E-state index in [1.54, 1.807) is 0 Å². The summed E-state index contributed by atoms with van der Waals surface area (Å²) in [4.78, 5) is 14.6. The predicted molar refractivity (Wildman–Crippen MR) is 107 cm³/mol. The van der Waals surface area contributed by atoms with E-state index in [1.165, 1.54) is 18.6 Å². The molecule has 0 saturated carbocycles. The van der Waals surface area contributed by atoms with Crippen molar-refractivity contribution < 1.29 is 13.9 Å². The van der Waals surface area contributed by atoms with Crippen LogP contribution in [-0.4, -0.2) is 29.0 Å². The third-order valence-electron chi connectivity index (χ3n) is 4.78. The van der Waals surface area contributed by atoms with Crippen molar-refractivity contribution in [2.24, 2.45) is 0 Å². The minimum absolute atomic E-state index is 0.0257. The molecule has 4 rings (SSSR count). The van der Waals surface area contributed by atoms with Gasteiger partial charge in [0.05, 0.1) is 23.3 Å². The van der Waals surface area contributed by atoms with Gasteiger partial charge in [0.2, 0.25) is 5.76 Å². The number of hydrogen-bond acceptors (Lipinski definition) is 6. The summed E-state index contributed by atoms with van der Waals surface area (Å²) in [5, 5.41) is 16.0. The molecule has 1 aliphatic heterocycles. The molecule has 1 aromatic carbocycles. The number of rotatable bonds is 4. The van der Waals surface area contributed by atoms with E-state index in [4.69, 9.17) is 14.4 Å². The maximum Gasteiger partial charge on any atom is 0.419 e. The fourth-order valence-electron chi connectivity index (χ4n) is 3.38. The molecule has 0 radical (unpaired) electrons. The summed E-state index contributed by atoms with van der Waals surface area (Å²) in [6.07, 6.45) is 6.52. The van der Waals surface area contributed by atoms with Crippen LogP contribution in [0.15, 0.2) is 47.1 Å². The zero-order chi connectivity index (χ0) is 20.2. The standard InChI is InChI=1S/C21H21N5O3/c1-15-13-23-26(14-15)16-5-7-18(19(11-16)25-9-3-2-4-10-25)24-21(27)29-20-8-6-17(12-22)28-20/h5-8,11,13-14H,2-4,9-10H2,1H3,(H,24,27). The number of nitrogens with one attached hydrogen (secondary N) is 1. The Hall–Kier alpha value is -3.73. The minimum atomic E-state index is -0.676. The van der Waals surface area contributed by atoms with Gasteiger partial charge in [-0.3, -0.25) is 5.32 Å². The van der Waals surface area contributed by atoms with Crippen LogP contribution in [-0.2, 0) is 0 Å². The first kappa shape index (κ1) is 18.6. The second-order valence-electron chi connectivity index (χ2n) is 6.96. The van der Waals surface area contributed by atoms with Crippen molar-refractivity contribution in [3.63, 3.8) is 0 Å². The lowest BCUT2D eigenvalue weighted by Gasteiger charge is -2.30. The number of aromatic nitrogens is 2. The zero-order valence-electron chi connectivity index (χ0n) is 16.1. The van der Waals surface area contributed by atoms with Gasteiger partial charge in [-0.15, -0.1) is 0 Å². The van der Waals surface area contributed by atoms with Crippen LogP contribution in [0.3, 0.4) is 0 Å². The summed E-state index contributed by atoms with van der Waals surface area (Å²) in [6, 6.07) is 10.5. The van der Waals surface area contributed by atoms with E-state index in [9.17, 15) is 4.79 Å². The van der Waals surface area contributed by atoms with Gasteiger partial charge in [-0.2, -0.15) is 10.4 Å². The number of anilines is 2. The molecule has 0 bridgehead atoms. The second kappa shape index (κ2) is 8.10. The number of carbonyl (C=O) groups excluding carboxylic acids is 1. The quantitative estimate of drug-likeness (QED) is 0.714. The lowest BCUT2D eigenvalue weighted by atomic mass is 10.1. The Morgan fingerprint density at radius 3 is 2.76 bits per heavy atom. The molecule has 0 aliphatic carbocycles. The van der Waals surface area contributed by atoms with Crippen molar-refractivity contribution in [2.45, 2.75) is 26.2 Å². The number of amides is 1. The summed E-state index contributed by atoms with van der Waals surface area (Å²) in [7, 11) is 0. The van der Waals surface area contributed by atoms with E-state index >= 15 is 0 Å². The number of hydrogen-bond donors (Lipinski definition) is 1. The first-order chi connectivity index (χ1) is 14.1. The predicted octanol–water partition coefficient (Wildman–Crippen LogP) is 4.25. The molecule has 148 valence electrons. The van der Waals surface area contributed by atoms with Crippen molar-refractivity contribution >= 4 is 17.5 Å². The van der Waals surface area contributed by atoms with E-state index in [2.05, 4.69) is 15.3 Å². The smallest absolute Gasteiger partial charge is 0.414 e. The maximum absolute atomic E-state index is 12.4. The highest BCUT2D eigenvalue weighted by Crippen LogP contribution is 2.31. The normalized spacial score (nSPS) is 13.7. The van der Waals surface area contributed by atoms with Crippen LogP contribution in [0.5, 0.6) is 5.95 Å². The molecular weight excluding hydrogens is 370 g/mol. The van der Waals surface area contributed by atoms with Crippen LogP contribution < -0.4 is 15.0 Å². The van der Waals surface area contributed by atoms with Crippen molar-refractivity contribution in [3.05, 3.63) is 54.0 Å². The van der Waals surface area contributed by atoms with Gasteiger partial charge in [0.25, 0.3) is 5.95 Å². The van der Waals surface area contributed by atoms with Crippen molar-refractivity contribution in [1.82, 2.24) is 9.78 Å². The second-order valence-corrected chi connectivity index (χ2v) is 6.96. The molecule has 1 fully saturated rings. The van der Waals surface area contributed by atoms with Crippen LogP contribution in [0.25, 0.3) is 5.69 Å². The van der Waals surface area contributed by atoms with E-state index in [0.717, 1.165) is 42.9 Å². The monoisotopic (exact) mass is 391 g/mol. The molecule has 8 nitrogen and oxygen atoms in total. The highest BCUT2D eigenvalue weighted by Gasteiger charge is 2.18. The van der Waals surface area contributed by atoms with Crippen LogP contribution in [0, 0.1) is 18.3 Å². The third kappa shape index (κ3) is 4.24. The SMILES string of the molecule is Cc1cnn(-c2ccc(NC(=O)Oc3ccc(C#N)o3)c(N3CCCCC3)c2)c1. The van der Waals surface area contributed by atoms with Gasteiger partial charge < -0.3 is 14.1 Å². The fourth-order valence-corrected chi connectivity index (χ4v) is 3.38. The molecule has 1 amide bonds. The Morgan fingerprint density at radius 2 is 2.07 bits per heavy atom. The van der Waals surface area contributed by atoms with E-state index in [0.29, 0.717) is 5.69 Å². The summed E-state index contributed by atoms with van der Waals surface area (Å²) in [5.41, 5.74) is 3.56. The van der Waals surface area contributed by atoms with E-state index in [-0.39, 0.29) is 11.7 Å². The Labute approximate surface area is 168 Å². The molecule has 3 heterocycles. The molecule has 29 heavy (non-hydrogen) atoms. The zero-order valence-corrected chi connectivity index (χ0v) is 16.1. The average molecular weight is 391 g/mol. The summed E-state index contributed by atoms with van der Waals surface area (Å²) in [5.74, 6) is 0.0582. The Morgan fingerprint density at radius 1 is 1.24 bits per heavy atom. The Balaban J connectivity index is 1.59. The van der Waals surface area contributed by atoms with Crippen LogP contribution >= 0.6 is 0 Å². The summed E-state index contributed by atoms with van der Waals surface area (Å²) < 4.78 is 12.1. The number of nitrogens with zero attached hydrogens (tertiary/aromatic N) is 4. The largest absolute Gasteiger partial charge is 0.419 e. The molecule has 0 unspecified atom stereocenters. The molecule has 0 spiro atoms. The highest BCUT2D eigenvalue weighted by atomic mass is 16.6. The number of carbonyl (C=O) groups is 1. The maximum atomic E-state index is 12.4. The third-order valence-corrected chi connectivity index (χ3v) is 4.78. The average Bonchev–Trinajstić information content (AvgIpc) is 3.37. The first-order valence-electron chi connectivity index (χ1n) is 9.52. The number of piperidine rings is 1. The van der Waals surface area contributed by atoms with Gasteiger partial charge in [-0.1, -0.05) is 0 Å². The van der Waals surface area contributed by atoms with Gasteiger partial charge in [0, 0.05) is 25.4 Å². The number of benzene rings is 1. The summed E-state index contributed by atoms with van der Waals surface area (Å²) >= 11 is 0. The van der Waals surface area contributed by atoms with Crippen LogP contribution in [0.4, 0.5) is 16.2 Å². The van der Waals surface area contributed by atoms with Gasteiger partial charge in [-0.25, -0.2) is 9.48 Å². The number of ether oxygens (including phenoxy) is 1. The Bertz CT molecular complexity index is 1060. The van der Waals surface area contributed by atoms with Gasteiger partial charge >= 0.3 is 6.09 Å². The molecule has 3 aromatic rings. The van der Waals surface area contributed by atoms with Crippen molar-refractivity contribution in [2.75, 3.05) is 23.3 Å². The molecule has 0 atom stereocenters. The highest BCUT2D eigenvalue weighted by molar-refractivity contribution is 5.91. The van der Waals surface area contributed by atoms with Crippen LogP contribution in [0.2, 0.25) is 0 Å². The molecule has 1 aliphatic rings. The summed E-state index contributed by atoms with van der Waals surface area (Å²) in [6.45, 7) is 3.84. The van der Waals surface area contributed by atoms with Gasteiger partial charge in [0.15, 0.2) is 0 Å². The minimum Gasteiger partial charge on any atom is -0.414 e. The molecule has 1 saturated heterocycles. The Kier molecular flexibility index (Phi) is 5.20. The number of furan rings is 1. The lowest BCUT2D eigenvalue weighted by Crippen LogP contribution is -2.31. The lowest BCUT2D eigenvalue weighted by molar-refractivity contribution is 0.202. The van der Waals surface area contributed by atoms with Gasteiger partial charge in [-0.05, 0) is 56.0 Å². The molecule has 1 N–H and O–H groups in total. The van der Waals surface area contributed by atoms with E-state index in [1.807, 2.05) is 48.3 Å². The van der Waals surface area contributed by atoms with Crippen LogP contribution in [0.1, 0.15) is 30.6 Å². The van der Waals surface area contributed by atoms with E-state index < -0.39 is 6.09 Å². The van der Waals surface area contributed by atoms with Gasteiger partial charge in [0.1, 0.15) is 6.07 Å². The molecule has 8 heteroatoms. The topological polar surface area (TPSA) is 96.3 Å². The van der Waals surface area contributed by atoms with Crippen molar-refractivity contribution in [1.29, 1.82) is 5.26 Å².